The van der Waals surface area contributed by atoms with E-state index in [1.54, 1.807) is 11.9 Å². The van der Waals surface area contributed by atoms with Crippen LogP contribution in [0.2, 0.25) is 0 Å². The Morgan fingerprint density at radius 3 is 2.26 bits per heavy atom. The number of amides is 2. The van der Waals surface area contributed by atoms with E-state index in [1.807, 2.05) is 6.92 Å². The van der Waals surface area contributed by atoms with Crippen LogP contribution in [-0.2, 0) is 4.79 Å². The minimum Gasteiger partial charge on any atom is -0.480 e. The molecule has 1 unspecified atom stereocenters. The van der Waals surface area contributed by atoms with E-state index in [9.17, 15) is 9.59 Å². The van der Waals surface area contributed by atoms with Gasteiger partial charge in [-0.3, -0.25) is 4.79 Å². The van der Waals surface area contributed by atoms with Crippen molar-refractivity contribution in [1.29, 1.82) is 0 Å². The molecule has 110 valence electrons. The largest absolute Gasteiger partial charge is 0.480 e. The van der Waals surface area contributed by atoms with E-state index in [2.05, 4.69) is 13.8 Å². The second kappa shape index (κ2) is 6.78. The average molecular weight is 270 g/mol. The summed E-state index contributed by atoms with van der Waals surface area (Å²) in [5, 5.41) is 8.92. The smallest absolute Gasteiger partial charge is 0.323 e. The number of nitrogens with zero attached hydrogens (tertiary/aromatic N) is 2. The summed E-state index contributed by atoms with van der Waals surface area (Å²) >= 11 is 0. The SMILES string of the molecule is CC(C)CC(C)N(C)C(=O)N(CC(=O)O)CC1CC1. The van der Waals surface area contributed by atoms with E-state index in [4.69, 9.17) is 5.11 Å². The van der Waals surface area contributed by atoms with Crippen LogP contribution in [0, 0.1) is 11.8 Å². The number of hydrogen-bond acceptors (Lipinski definition) is 2. The van der Waals surface area contributed by atoms with Crippen LogP contribution in [0.5, 0.6) is 0 Å². The summed E-state index contributed by atoms with van der Waals surface area (Å²) in [5.74, 6) is 0.0672. The van der Waals surface area contributed by atoms with E-state index < -0.39 is 5.97 Å². The maximum atomic E-state index is 12.4. The predicted octanol–water partition coefficient (Wildman–Crippen LogP) is 2.27. The van der Waals surface area contributed by atoms with Crippen molar-refractivity contribution in [3.05, 3.63) is 0 Å². The molecule has 1 fully saturated rings. The molecule has 0 aliphatic heterocycles. The Morgan fingerprint density at radius 2 is 1.84 bits per heavy atom. The Labute approximate surface area is 115 Å². The number of carboxylic acids is 1. The Bertz CT molecular complexity index is 327. The topological polar surface area (TPSA) is 60.9 Å². The molecule has 0 aromatic rings. The number of urea groups is 1. The lowest BCUT2D eigenvalue weighted by atomic mass is 10.0. The molecule has 1 rings (SSSR count). The molecular weight excluding hydrogens is 244 g/mol. The molecule has 5 heteroatoms. The number of carboxylic acid groups (broad SMARTS) is 1. The van der Waals surface area contributed by atoms with Gasteiger partial charge >= 0.3 is 12.0 Å². The maximum absolute atomic E-state index is 12.4. The van der Waals surface area contributed by atoms with Gasteiger partial charge in [-0.2, -0.15) is 0 Å². The van der Waals surface area contributed by atoms with Crippen molar-refractivity contribution in [2.75, 3.05) is 20.1 Å². The molecule has 1 aliphatic carbocycles. The zero-order chi connectivity index (χ0) is 14.6. The van der Waals surface area contributed by atoms with Crippen molar-refractivity contribution in [3.8, 4) is 0 Å². The molecule has 0 aromatic carbocycles. The molecule has 1 atom stereocenters. The quantitative estimate of drug-likeness (QED) is 0.772. The summed E-state index contributed by atoms with van der Waals surface area (Å²) in [5.41, 5.74) is 0. The Hall–Kier alpha value is -1.26. The van der Waals surface area contributed by atoms with E-state index in [0.29, 0.717) is 18.4 Å². The number of carbonyl (C=O) groups is 2. The van der Waals surface area contributed by atoms with Crippen LogP contribution in [0.4, 0.5) is 4.79 Å². The lowest BCUT2D eigenvalue weighted by Crippen LogP contribution is -2.48. The lowest BCUT2D eigenvalue weighted by molar-refractivity contribution is -0.137. The van der Waals surface area contributed by atoms with Crippen LogP contribution in [0.1, 0.15) is 40.0 Å². The Kier molecular flexibility index (Phi) is 5.63. The zero-order valence-electron chi connectivity index (χ0n) is 12.4. The number of carbonyl (C=O) groups excluding carboxylic acids is 1. The van der Waals surface area contributed by atoms with Crippen molar-refractivity contribution in [2.24, 2.45) is 11.8 Å². The molecule has 1 saturated carbocycles. The van der Waals surface area contributed by atoms with E-state index in [0.717, 1.165) is 19.3 Å². The molecule has 1 N–H and O–H groups in total. The fourth-order valence-corrected chi connectivity index (χ4v) is 2.24. The highest BCUT2D eigenvalue weighted by Gasteiger charge is 2.30. The van der Waals surface area contributed by atoms with Crippen molar-refractivity contribution in [1.82, 2.24) is 9.80 Å². The van der Waals surface area contributed by atoms with Crippen LogP contribution >= 0.6 is 0 Å². The first kappa shape index (κ1) is 15.8. The maximum Gasteiger partial charge on any atom is 0.323 e. The van der Waals surface area contributed by atoms with E-state index in [1.165, 1.54) is 4.90 Å². The summed E-state index contributed by atoms with van der Waals surface area (Å²) in [6.45, 7) is 6.62. The highest BCUT2D eigenvalue weighted by Crippen LogP contribution is 2.30. The first-order chi connectivity index (χ1) is 8.81. The van der Waals surface area contributed by atoms with Gasteiger partial charge < -0.3 is 14.9 Å². The zero-order valence-corrected chi connectivity index (χ0v) is 12.4. The lowest BCUT2D eigenvalue weighted by Gasteiger charge is -2.32. The van der Waals surface area contributed by atoms with Gasteiger partial charge in [-0.15, -0.1) is 0 Å². The van der Waals surface area contributed by atoms with Gasteiger partial charge in [0.25, 0.3) is 0 Å². The molecule has 1 aliphatic rings. The minimum absolute atomic E-state index is 0.128. The molecular formula is C14H26N2O3. The van der Waals surface area contributed by atoms with Crippen LogP contribution in [0.15, 0.2) is 0 Å². The fourth-order valence-electron chi connectivity index (χ4n) is 2.24. The van der Waals surface area contributed by atoms with Gasteiger partial charge in [-0.1, -0.05) is 13.8 Å². The normalized spacial score (nSPS) is 16.3. The van der Waals surface area contributed by atoms with Gasteiger partial charge in [-0.25, -0.2) is 4.79 Å². The summed E-state index contributed by atoms with van der Waals surface area (Å²) in [4.78, 5) is 26.4. The monoisotopic (exact) mass is 270 g/mol. The second-order valence-electron chi connectivity index (χ2n) is 6.09. The summed E-state index contributed by atoms with van der Waals surface area (Å²) < 4.78 is 0. The minimum atomic E-state index is -0.945. The van der Waals surface area contributed by atoms with Crippen LogP contribution in [0.3, 0.4) is 0 Å². The van der Waals surface area contributed by atoms with Crippen LogP contribution < -0.4 is 0 Å². The molecule has 5 nitrogen and oxygen atoms in total. The number of rotatable bonds is 7. The highest BCUT2D eigenvalue weighted by molar-refractivity contribution is 5.80. The average Bonchev–Trinajstić information content (AvgIpc) is 3.08. The molecule has 19 heavy (non-hydrogen) atoms. The first-order valence-corrected chi connectivity index (χ1v) is 7.04. The third-order valence-corrected chi connectivity index (χ3v) is 3.55. The van der Waals surface area contributed by atoms with Crippen molar-refractivity contribution >= 4 is 12.0 Å². The summed E-state index contributed by atoms with van der Waals surface area (Å²) in [7, 11) is 1.76. The summed E-state index contributed by atoms with van der Waals surface area (Å²) in [6.07, 6.45) is 3.13. The molecule has 0 aromatic heterocycles. The number of hydrogen-bond donors (Lipinski definition) is 1. The van der Waals surface area contributed by atoms with Crippen molar-refractivity contribution in [3.63, 3.8) is 0 Å². The van der Waals surface area contributed by atoms with Crippen molar-refractivity contribution < 1.29 is 14.7 Å². The van der Waals surface area contributed by atoms with Gasteiger partial charge in [0.1, 0.15) is 6.54 Å². The Morgan fingerprint density at radius 1 is 1.26 bits per heavy atom. The summed E-state index contributed by atoms with van der Waals surface area (Å²) in [6, 6.07) is -0.0366. The van der Waals surface area contributed by atoms with Gasteiger partial charge in [0, 0.05) is 19.6 Å². The number of aliphatic carboxylic acids is 1. The highest BCUT2D eigenvalue weighted by atomic mass is 16.4. The van der Waals surface area contributed by atoms with Crippen LogP contribution in [0.25, 0.3) is 0 Å². The molecule has 2 amide bonds. The Balaban J connectivity index is 2.59. The van der Waals surface area contributed by atoms with Crippen molar-refractivity contribution in [2.45, 2.75) is 46.1 Å². The van der Waals surface area contributed by atoms with Gasteiger partial charge in [0.2, 0.25) is 0 Å². The molecule has 0 heterocycles. The molecule has 0 saturated heterocycles. The van der Waals surface area contributed by atoms with Gasteiger partial charge in [0.05, 0.1) is 0 Å². The molecule has 0 spiro atoms. The van der Waals surface area contributed by atoms with E-state index >= 15 is 0 Å². The standard InChI is InChI=1S/C14H26N2O3/c1-10(2)7-11(3)15(4)14(19)16(9-13(17)18)8-12-5-6-12/h10-12H,5-9H2,1-4H3,(H,17,18). The molecule has 0 bridgehead atoms. The van der Waals surface area contributed by atoms with Gasteiger partial charge in [-0.05, 0) is 38.0 Å². The predicted molar refractivity (Wildman–Crippen MR) is 74.0 cm³/mol. The van der Waals surface area contributed by atoms with Crippen LogP contribution in [-0.4, -0.2) is 53.1 Å². The van der Waals surface area contributed by atoms with E-state index in [-0.39, 0.29) is 18.6 Å². The fraction of sp³-hybridized carbons (Fsp3) is 0.857. The third-order valence-electron chi connectivity index (χ3n) is 3.55. The van der Waals surface area contributed by atoms with Gasteiger partial charge in [0.15, 0.2) is 0 Å². The molecule has 0 radical (unpaired) electrons. The third kappa shape index (κ3) is 5.49. The second-order valence-corrected chi connectivity index (χ2v) is 6.09. The first-order valence-electron chi connectivity index (χ1n) is 7.04.